The number of methoxy groups -OCH3 is 1. The van der Waals surface area contributed by atoms with Crippen molar-refractivity contribution in [2.45, 2.75) is 13.0 Å². The van der Waals surface area contributed by atoms with Gasteiger partial charge in [0, 0.05) is 35.6 Å². The van der Waals surface area contributed by atoms with Gasteiger partial charge in [0.2, 0.25) is 0 Å². The van der Waals surface area contributed by atoms with Crippen molar-refractivity contribution in [3.8, 4) is 5.75 Å². The molecule has 3 aromatic carbocycles. The van der Waals surface area contributed by atoms with Gasteiger partial charge in [-0.3, -0.25) is 9.69 Å². The van der Waals surface area contributed by atoms with Gasteiger partial charge in [0.15, 0.2) is 0 Å². The normalized spacial score (nSPS) is 13.8. The Balaban J connectivity index is 1.43. The highest BCUT2D eigenvalue weighted by atomic mass is 19.1. The van der Waals surface area contributed by atoms with E-state index in [1.807, 2.05) is 41.3 Å². The Morgan fingerprint density at radius 1 is 1.00 bits per heavy atom. The number of hydrogen-bond acceptors (Lipinski definition) is 3. The smallest absolute Gasteiger partial charge is 0.324 e. The summed E-state index contributed by atoms with van der Waals surface area (Å²) in [5, 5.41) is 2.78. The lowest BCUT2D eigenvalue weighted by Crippen LogP contribution is -2.49. The summed E-state index contributed by atoms with van der Waals surface area (Å²) in [4.78, 5) is 29.0. The summed E-state index contributed by atoms with van der Waals surface area (Å²) in [7, 11) is 1.62. The molecule has 0 aromatic heterocycles. The van der Waals surface area contributed by atoms with Gasteiger partial charge in [-0.1, -0.05) is 18.2 Å². The number of anilines is 2. The Kier molecular flexibility index (Phi) is 6.35. The molecular formula is C25H24FN3O3. The highest BCUT2D eigenvalue weighted by molar-refractivity contribution is 6.04. The molecule has 32 heavy (non-hydrogen) atoms. The minimum absolute atomic E-state index is 0.0646. The SMILES string of the molecule is COc1ccccc1CN1CCCN(c2ccc(NC(=O)c3ccc(F)cc3)cc2)C1=O. The molecule has 3 aromatic rings. The van der Waals surface area contributed by atoms with Gasteiger partial charge in [0.25, 0.3) is 5.91 Å². The molecule has 3 amide bonds. The zero-order chi connectivity index (χ0) is 22.5. The Morgan fingerprint density at radius 3 is 2.44 bits per heavy atom. The summed E-state index contributed by atoms with van der Waals surface area (Å²) in [5.74, 6) is 0.0466. The molecule has 1 heterocycles. The van der Waals surface area contributed by atoms with Crippen molar-refractivity contribution in [3.63, 3.8) is 0 Å². The van der Waals surface area contributed by atoms with E-state index >= 15 is 0 Å². The predicted molar refractivity (Wildman–Crippen MR) is 122 cm³/mol. The van der Waals surface area contributed by atoms with Crippen molar-refractivity contribution >= 4 is 23.3 Å². The van der Waals surface area contributed by atoms with Crippen molar-refractivity contribution in [2.24, 2.45) is 0 Å². The Labute approximate surface area is 186 Å². The first-order chi connectivity index (χ1) is 15.5. The minimum atomic E-state index is -0.392. The van der Waals surface area contributed by atoms with E-state index in [0.29, 0.717) is 30.9 Å². The number of rotatable bonds is 6. The maximum absolute atomic E-state index is 13.1. The molecule has 1 N–H and O–H groups in total. The van der Waals surface area contributed by atoms with Gasteiger partial charge in [-0.15, -0.1) is 0 Å². The molecule has 0 radical (unpaired) electrons. The summed E-state index contributed by atoms with van der Waals surface area (Å²) < 4.78 is 18.5. The van der Waals surface area contributed by atoms with Crippen LogP contribution in [-0.4, -0.2) is 37.0 Å². The number of carbonyl (C=O) groups excluding carboxylic acids is 2. The third-order valence-electron chi connectivity index (χ3n) is 5.41. The summed E-state index contributed by atoms with van der Waals surface area (Å²) in [6.07, 6.45) is 0.851. The van der Waals surface area contributed by atoms with Crippen LogP contribution in [0.25, 0.3) is 0 Å². The average molecular weight is 433 g/mol. The molecule has 0 spiro atoms. The molecule has 7 heteroatoms. The molecule has 0 unspecified atom stereocenters. The fourth-order valence-corrected chi connectivity index (χ4v) is 3.74. The van der Waals surface area contributed by atoms with Gasteiger partial charge in [0.05, 0.1) is 13.7 Å². The maximum Gasteiger partial charge on any atom is 0.324 e. The van der Waals surface area contributed by atoms with E-state index in [1.165, 1.54) is 24.3 Å². The van der Waals surface area contributed by atoms with Crippen LogP contribution in [-0.2, 0) is 6.54 Å². The van der Waals surface area contributed by atoms with Crippen LogP contribution < -0.4 is 15.0 Å². The number of benzene rings is 3. The third kappa shape index (κ3) is 4.72. The number of hydrogen-bond donors (Lipinski definition) is 1. The van der Waals surface area contributed by atoms with Crippen LogP contribution >= 0.6 is 0 Å². The van der Waals surface area contributed by atoms with Crippen molar-refractivity contribution < 1.29 is 18.7 Å². The summed E-state index contributed by atoms with van der Waals surface area (Å²) in [6, 6.07) is 20.1. The molecule has 1 fully saturated rings. The van der Waals surface area contributed by atoms with Crippen molar-refractivity contribution in [1.82, 2.24) is 4.90 Å². The Hall–Kier alpha value is -3.87. The summed E-state index contributed by atoms with van der Waals surface area (Å²) >= 11 is 0. The first kappa shape index (κ1) is 21.4. The molecule has 0 saturated carbocycles. The first-order valence-corrected chi connectivity index (χ1v) is 10.4. The topological polar surface area (TPSA) is 61.9 Å². The molecule has 6 nitrogen and oxygen atoms in total. The Morgan fingerprint density at radius 2 is 1.72 bits per heavy atom. The Bertz CT molecular complexity index is 1100. The van der Waals surface area contributed by atoms with Crippen molar-refractivity contribution in [2.75, 3.05) is 30.4 Å². The number of nitrogens with zero attached hydrogens (tertiary/aromatic N) is 2. The van der Waals surface area contributed by atoms with E-state index in [-0.39, 0.29) is 11.9 Å². The monoisotopic (exact) mass is 433 g/mol. The fourth-order valence-electron chi connectivity index (χ4n) is 3.74. The third-order valence-corrected chi connectivity index (χ3v) is 5.41. The largest absolute Gasteiger partial charge is 0.496 e. The summed E-state index contributed by atoms with van der Waals surface area (Å²) in [6.45, 7) is 1.78. The number of nitrogens with one attached hydrogen (secondary N) is 1. The first-order valence-electron chi connectivity index (χ1n) is 10.4. The minimum Gasteiger partial charge on any atom is -0.496 e. The molecule has 0 atom stereocenters. The zero-order valence-electron chi connectivity index (χ0n) is 17.8. The van der Waals surface area contributed by atoms with E-state index in [0.717, 1.165) is 23.4 Å². The molecule has 0 bridgehead atoms. The number of urea groups is 1. The molecule has 1 aliphatic rings. The molecule has 0 aliphatic carbocycles. The van der Waals surface area contributed by atoms with Gasteiger partial charge in [0.1, 0.15) is 11.6 Å². The lowest BCUT2D eigenvalue weighted by molar-refractivity contribution is 0.102. The molecular weight excluding hydrogens is 409 g/mol. The summed E-state index contributed by atoms with van der Waals surface area (Å²) in [5.41, 5.74) is 2.69. The highest BCUT2D eigenvalue weighted by Gasteiger charge is 2.27. The van der Waals surface area contributed by atoms with Crippen LogP contribution in [0.1, 0.15) is 22.3 Å². The van der Waals surface area contributed by atoms with Gasteiger partial charge in [-0.05, 0) is 61.0 Å². The van der Waals surface area contributed by atoms with Crippen molar-refractivity contribution in [1.29, 1.82) is 0 Å². The molecule has 1 saturated heterocycles. The fraction of sp³-hybridized carbons (Fsp3) is 0.200. The number of carbonyl (C=O) groups is 2. The predicted octanol–water partition coefficient (Wildman–Crippen LogP) is 4.92. The molecule has 164 valence electrons. The van der Waals surface area contributed by atoms with E-state index in [4.69, 9.17) is 4.74 Å². The second kappa shape index (κ2) is 9.51. The lowest BCUT2D eigenvalue weighted by Gasteiger charge is -2.36. The van der Waals surface area contributed by atoms with Gasteiger partial charge in [-0.2, -0.15) is 0 Å². The number of halogens is 1. The maximum atomic E-state index is 13.1. The van der Waals surface area contributed by atoms with Crippen LogP contribution in [0.15, 0.2) is 72.8 Å². The zero-order valence-corrected chi connectivity index (χ0v) is 17.8. The highest BCUT2D eigenvalue weighted by Crippen LogP contribution is 2.25. The quantitative estimate of drug-likeness (QED) is 0.600. The van der Waals surface area contributed by atoms with Crippen LogP contribution in [0.2, 0.25) is 0 Å². The lowest BCUT2D eigenvalue weighted by atomic mass is 10.1. The van der Waals surface area contributed by atoms with E-state index in [2.05, 4.69) is 5.32 Å². The molecule has 4 rings (SSSR count). The van der Waals surface area contributed by atoms with Crippen LogP contribution in [0.5, 0.6) is 5.75 Å². The molecule has 1 aliphatic heterocycles. The van der Waals surface area contributed by atoms with Crippen molar-refractivity contribution in [3.05, 3.63) is 89.7 Å². The number of ether oxygens (including phenoxy) is 1. The second-order valence-electron chi connectivity index (χ2n) is 7.53. The van der Waals surface area contributed by atoms with Crippen LogP contribution in [0.3, 0.4) is 0 Å². The van der Waals surface area contributed by atoms with E-state index < -0.39 is 5.82 Å². The second-order valence-corrected chi connectivity index (χ2v) is 7.53. The average Bonchev–Trinajstić information content (AvgIpc) is 2.82. The van der Waals surface area contributed by atoms with E-state index in [1.54, 1.807) is 24.1 Å². The number of amides is 3. The van der Waals surface area contributed by atoms with E-state index in [9.17, 15) is 14.0 Å². The standard InChI is InChI=1S/C25H24FN3O3/c1-32-23-6-3-2-5-19(23)17-28-15-4-16-29(25(28)31)22-13-11-21(12-14-22)27-24(30)18-7-9-20(26)10-8-18/h2-3,5-14H,4,15-17H2,1H3,(H,27,30). The van der Waals surface area contributed by atoms with Gasteiger partial charge in [-0.25, -0.2) is 9.18 Å². The van der Waals surface area contributed by atoms with Crippen LogP contribution in [0, 0.1) is 5.82 Å². The van der Waals surface area contributed by atoms with Gasteiger partial charge < -0.3 is 15.0 Å². The number of para-hydroxylation sites is 1. The van der Waals surface area contributed by atoms with Gasteiger partial charge >= 0.3 is 6.03 Å². The van der Waals surface area contributed by atoms with Crippen LogP contribution in [0.4, 0.5) is 20.6 Å².